The van der Waals surface area contributed by atoms with Gasteiger partial charge < -0.3 is 14.0 Å². The predicted octanol–water partition coefficient (Wildman–Crippen LogP) is -0.0817. The van der Waals surface area contributed by atoms with Crippen LogP contribution in [-0.4, -0.2) is 27.2 Å². The van der Waals surface area contributed by atoms with Gasteiger partial charge in [-0.05, 0) is 18.2 Å². The van der Waals surface area contributed by atoms with Gasteiger partial charge >= 0.3 is 29.6 Å². The van der Waals surface area contributed by atoms with Gasteiger partial charge in [0, 0.05) is 21.5 Å². The fourth-order valence-electron chi connectivity index (χ4n) is 2.67. The van der Waals surface area contributed by atoms with Crippen LogP contribution in [0.25, 0.3) is 21.5 Å². The second-order valence-electron chi connectivity index (χ2n) is 4.77. The third-order valence-electron chi connectivity index (χ3n) is 3.59. The smallest absolute Gasteiger partial charge is 0.744 e. The van der Waals surface area contributed by atoms with Crippen molar-refractivity contribution in [2.75, 3.05) is 14.2 Å². The van der Waals surface area contributed by atoms with Gasteiger partial charge in [0.2, 0.25) is 0 Å². The fourth-order valence-corrected chi connectivity index (χ4v) is 3.17. The van der Waals surface area contributed by atoms with E-state index in [-0.39, 0.29) is 34.5 Å². The van der Waals surface area contributed by atoms with Gasteiger partial charge in [0.05, 0.1) is 19.1 Å². The quantitative estimate of drug-likeness (QED) is 0.379. The van der Waals surface area contributed by atoms with Crippen molar-refractivity contribution >= 4 is 31.7 Å². The van der Waals surface area contributed by atoms with Crippen LogP contribution in [0.15, 0.2) is 47.4 Å². The van der Waals surface area contributed by atoms with E-state index in [1.165, 1.54) is 19.2 Å². The number of hydrogen-bond donors (Lipinski definition) is 0. The predicted molar refractivity (Wildman–Crippen MR) is 82.5 cm³/mol. The van der Waals surface area contributed by atoms with Crippen LogP contribution < -0.4 is 39.0 Å². The molecule has 0 fully saturated rings. The number of benzene rings is 3. The Balaban J connectivity index is 0.00000192. The Bertz CT molecular complexity index is 983. The van der Waals surface area contributed by atoms with Gasteiger partial charge in [-0.3, -0.25) is 0 Å². The zero-order valence-corrected chi connectivity index (χ0v) is 15.8. The topological polar surface area (TPSA) is 75.7 Å². The minimum atomic E-state index is -4.54. The molecule has 3 rings (SSSR count). The number of ether oxygens (including phenoxy) is 2. The normalized spacial score (nSPS) is 11.3. The van der Waals surface area contributed by atoms with Gasteiger partial charge in [-0.25, -0.2) is 8.42 Å². The molecule has 0 heterocycles. The number of fused-ring (bicyclic) bond motifs is 2. The number of rotatable bonds is 3. The van der Waals surface area contributed by atoms with Gasteiger partial charge in [0.25, 0.3) is 0 Å². The van der Waals surface area contributed by atoms with Crippen LogP contribution in [0.2, 0.25) is 0 Å². The molecule has 0 aliphatic heterocycles. The zero-order valence-electron chi connectivity index (χ0n) is 13.0. The molecule has 0 spiro atoms. The van der Waals surface area contributed by atoms with E-state index in [4.69, 9.17) is 9.47 Å². The molecule has 0 amide bonds. The van der Waals surface area contributed by atoms with Crippen LogP contribution in [0.3, 0.4) is 0 Å². The molecule has 0 aliphatic rings. The molecule has 7 heteroatoms. The summed E-state index contributed by atoms with van der Waals surface area (Å²) < 4.78 is 44.7. The minimum absolute atomic E-state index is 0. The second kappa shape index (κ2) is 6.67. The molecule has 0 unspecified atom stereocenters. The van der Waals surface area contributed by atoms with Crippen molar-refractivity contribution < 1.29 is 52.0 Å². The molecule has 23 heavy (non-hydrogen) atoms. The molecular weight excluding hydrogens is 327 g/mol. The Hall–Kier alpha value is -1.31. The van der Waals surface area contributed by atoms with Crippen molar-refractivity contribution in [3.05, 3.63) is 42.5 Å². The summed E-state index contributed by atoms with van der Waals surface area (Å²) in [6.45, 7) is 0. The first-order chi connectivity index (χ1) is 10.5. The van der Waals surface area contributed by atoms with Crippen molar-refractivity contribution in [2.45, 2.75) is 4.90 Å². The average Bonchev–Trinajstić information content (AvgIpc) is 2.51. The first-order valence-electron chi connectivity index (χ1n) is 6.49. The monoisotopic (exact) mass is 340 g/mol. The molecule has 114 valence electrons. The number of hydrogen-bond acceptors (Lipinski definition) is 5. The van der Waals surface area contributed by atoms with Gasteiger partial charge in [0.15, 0.2) is 0 Å². The largest absolute Gasteiger partial charge is 1.00 e. The van der Waals surface area contributed by atoms with Crippen molar-refractivity contribution in [2.24, 2.45) is 0 Å². The standard InChI is InChI=1S/C16H14O5S.Na/c1-20-15-11-5-3-4-6-12(11)16(21-2)14-9-10(22(17,18)19)7-8-13(14)15;/h3-9H,1-2H3,(H,17,18,19);/q;+1/p-1. The van der Waals surface area contributed by atoms with E-state index in [9.17, 15) is 13.0 Å². The maximum atomic E-state index is 11.3. The zero-order chi connectivity index (χ0) is 15.9. The molecule has 3 aromatic rings. The summed E-state index contributed by atoms with van der Waals surface area (Å²) in [5.41, 5.74) is 0. The van der Waals surface area contributed by atoms with Crippen LogP contribution in [0, 0.1) is 0 Å². The second-order valence-corrected chi connectivity index (χ2v) is 6.15. The summed E-state index contributed by atoms with van der Waals surface area (Å²) >= 11 is 0. The maximum Gasteiger partial charge on any atom is 1.00 e. The molecule has 0 saturated heterocycles. The van der Waals surface area contributed by atoms with E-state index in [0.29, 0.717) is 22.3 Å². The Labute approximate surface area is 156 Å². The summed E-state index contributed by atoms with van der Waals surface area (Å²) in [7, 11) is -1.48. The third kappa shape index (κ3) is 3.05. The van der Waals surface area contributed by atoms with Crippen LogP contribution in [0.5, 0.6) is 11.5 Å². The Morgan fingerprint density at radius 1 is 0.826 bits per heavy atom. The van der Waals surface area contributed by atoms with Crippen molar-refractivity contribution in [1.29, 1.82) is 0 Å². The molecule has 3 aromatic carbocycles. The number of methoxy groups -OCH3 is 2. The van der Waals surface area contributed by atoms with Crippen LogP contribution >= 0.6 is 0 Å². The first-order valence-corrected chi connectivity index (χ1v) is 7.90. The Morgan fingerprint density at radius 2 is 1.30 bits per heavy atom. The summed E-state index contributed by atoms with van der Waals surface area (Å²) in [4.78, 5) is -0.296. The van der Waals surface area contributed by atoms with Gasteiger partial charge in [0.1, 0.15) is 21.6 Å². The summed E-state index contributed by atoms with van der Waals surface area (Å²) in [5, 5.41) is 2.85. The molecule has 0 bridgehead atoms. The van der Waals surface area contributed by atoms with E-state index in [2.05, 4.69) is 0 Å². The third-order valence-corrected chi connectivity index (χ3v) is 4.42. The molecule has 0 aliphatic carbocycles. The van der Waals surface area contributed by atoms with E-state index in [0.717, 1.165) is 10.8 Å². The van der Waals surface area contributed by atoms with Crippen molar-refractivity contribution in [3.63, 3.8) is 0 Å². The molecule has 0 saturated carbocycles. The Kier molecular flexibility index (Phi) is 5.23. The van der Waals surface area contributed by atoms with Crippen LogP contribution in [0.4, 0.5) is 0 Å². The summed E-state index contributed by atoms with van der Waals surface area (Å²) in [6, 6.07) is 11.7. The van der Waals surface area contributed by atoms with Crippen molar-refractivity contribution in [3.8, 4) is 11.5 Å². The first kappa shape index (κ1) is 18.0. The van der Waals surface area contributed by atoms with Gasteiger partial charge in [-0.1, -0.05) is 24.3 Å². The van der Waals surface area contributed by atoms with E-state index in [1.807, 2.05) is 24.3 Å². The maximum absolute atomic E-state index is 11.3. The van der Waals surface area contributed by atoms with Crippen molar-refractivity contribution in [1.82, 2.24) is 0 Å². The summed E-state index contributed by atoms with van der Waals surface area (Å²) in [5.74, 6) is 1.12. The SMILES string of the molecule is COc1c2ccccc2c(OC)c2cc(S(=O)(=O)[O-])ccc12.[Na+]. The van der Waals surface area contributed by atoms with E-state index < -0.39 is 10.1 Å². The Morgan fingerprint density at radius 3 is 1.78 bits per heavy atom. The van der Waals surface area contributed by atoms with Crippen LogP contribution in [-0.2, 0) is 10.1 Å². The average molecular weight is 340 g/mol. The molecule has 0 atom stereocenters. The van der Waals surface area contributed by atoms with E-state index >= 15 is 0 Å². The summed E-state index contributed by atoms with van der Waals surface area (Å²) in [6.07, 6.45) is 0. The van der Waals surface area contributed by atoms with Gasteiger partial charge in [-0.2, -0.15) is 0 Å². The molecule has 0 aromatic heterocycles. The molecule has 5 nitrogen and oxygen atoms in total. The molecule has 0 N–H and O–H groups in total. The molecule has 0 radical (unpaired) electrons. The molecular formula is C16H13NaO5S. The minimum Gasteiger partial charge on any atom is -0.744 e. The fraction of sp³-hybridized carbons (Fsp3) is 0.125. The van der Waals surface area contributed by atoms with Crippen LogP contribution in [0.1, 0.15) is 0 Å². The van der Waals surface area contributed by atoms with E-state index in [1.54, 1.807) is 13.2 Å². The van der Waals surface area contributed by atoms with Gasteiger partial charge in [-0.15, -0.1) is 0 Å².